The largest absolute Gasteiger partial charge is 0.508 e. The van der Waals surface area contributed by atoms with Gasteiger partial charge < -0.3 is 133 Å². The Morgan fingerprint density at radius 2 is 0.829 bits per heavy atom. The van der Waals surface area contributed by atoms with Crippen molar-refractivity contribution in [2.45, 2.75) is 249 Å². The van der Waals surface area contributed by atoms with Crippen LogP contribution in [0.15, 0.2) is 78.9 Å². The lowest BCUT2D eigenvalue weighted by Crippen LogP contribution is -2.63. The van der Waals surface area contributed by atoms with E-state index in [1.165, 1.54) is 67.3 Å². The Labute approximate surface area is 711 Å². The summed E-state index contributed by atoms with van der Waals surface area (Å²) in [6.45, 7) is 12.0. The van der Waals surface area contributed by atoms with Gasteiger partial charge in [-0.15, -0.1) is 0 Å². The zero-order chi connectivity index (χ0) is 92.2. The van der Waals surface area contributed by atoms with Gasteiger partial charge in [0, 0.05) is 25.8 Å². The van der Waals surface area contributed by atoms with Gasteiger partial charge in [0.15, 0.2) is 0 Å². The summed E-state index contributed by atoms with van der Waals surface area (Å²) < 4.78 is 0. The number of amides is 16. The average molecular weight is 1730 g/mol. The number of carbonyl (C=O) groups excluding carboxylic acids is 16. The Hall–Kier alpha value is -12.0. The molecule has 1 fully saturated rings. The molecule has 680 valence electrons. The van der Waals surface area contributed by atoms with E-state index < -0.39 is 248 Å². The highest BCUT2D eigenvalue weighted by molar-refractivity contribution is 6.02. The molecule has 4 rings (SSSR count). The highest BCUT2D eigenvalue weighted by atomic mass is 16.4. The summed E-state index contributed by atoms with van der Waals surface area (Å²) in [5.41, 5.74) is 23.8. The first-order chi connectivity index (χ1) is 57.9. The SMILES string of the molecule is CC[C@H](C)[C@H](N)C(=O)N1CCC[C@H]1C(=O)N[C@H](C(=O)N[C@H](C(=O)N[C@@H](CC(N)=O)C(=O)N[C@H](C(=O)N[C@@H](CC(N)=O)C(=O)N[C@@H](Cc1ccc(O)cc1)C(=O)N[C@@H](Cc1ccc(O)cc1)C(=O)N[C@@H](CO)C(=O)N[C@@H](Cc1ccccc1)C(=O)N[C@@H](CC(C)C)C(=O)NCC(=O)N[C@H](C(=O)N[C@@H](CCCCN)C(=O)O)[C@@H](C)O)[C@@H](C)O)[C@@H](C)CC)[C@@H](C)O. The first-order valence-electron chi connectivity index (χ1n) is 40.7. The summed E-state index contributed by atoms with van der Waals surface area (Å²) in [6.07, 6.45) is -6.34. The molecular weight excluding hydrogens is 1610 g/mol. The molecule has 3 aromatic rings. The van der Waals surface area contributed by atoms with Gasteiger partial charge >= 0.3 is 5.97 Å². The van der Waals surface area contributed by atoms with Crippen LogP contribution in [0.1, 0.15) is 143 Å². The first-order valence-corrected chi connectivity index (χ1v) is 40.7. The number of nitrogens with one attached hydrogen (secondary N) is 13. The van der Waals surface area contributed by atoms with E-state index in [1.807, 2.05) is 6.92 Å². The van der Waals surface area contributed by atoms with Crippen molar-refractivity contribution in [1.82, 2.24) is 74.0 Å². The third kappa shape index (κ3) is 34.1. The van der Waals surface area contributed by atoms with Gasteiger partial charge in [-0.25, -0.2) is 4.79 Å². The van der Waals surface area contributed by atoms with E-state index in [0.717, 1.165) is 13.8 Å². The number of aliphatic hydroxyl groups is 4. The highest BCUT2D eigenvalue weighted by Crippen LogP contribution is 2.23. The van der Waals surface area contributed by atoms with Crippen LogP contribution in [0.3, 0.4) is 0 Å². The Morgan fingerprint density at radius 3 is 1.26 bits per heavy atom. The Morgan fingerprint density at radius 1 is 0.447 bits per heavy atom. The number of carbonyl (C=O) groups is 17. The number of primary amides is 2. The average Bonchev–Trinajstić information content (AvgIpc) is 1.50. The van der Waals surface area contributed by atoms with Crippen molar-refractivity contribution in [3.63, 3.8) is 0 Å². The maximum atomic E-state index is 15.0. The van der Waals surface area contributed by atoms with Crippen molar-refractivity contribution in [3.8, 4) is 11.5 Å². The van der Waals surface area contributed by atoms with E-state index in [2.05, 4.69) is 69.1 Å². The van der Waals surface area contributed by atoms with Gasteiger partial charge in [-0.05, 0) is 125 Å². The smallest absolute Gasteiger partial charge is 0.326 e. The molecule has 1 saturated heterocycles. The normalized spacial score (nSPS) is 16.9. The lowest BCUT2D eigenvalue weighted by molar-refractivity contribution is -0.143. The maximum absolute atomic E-state index is 15.0. The van der Waals surface area contributed by atoms with E-state index in [0.29, 0.717) is 31.2 Å². The van der Waals surface area contributed by atoms with Crippen molar-refractivity contribution in [1.29, 1.82) is 0 Å². The number of aliphatic hydroxyl groups excluding tert-OH is 4. The van der Waals surface area contributed by atoms with Gasteiger partial charge in [-0.2, -0.15) is 0 Å². The monoisotopic (exact) mass is 1730 g/mol. The van der Waals surface area contributed by atoms with Gasteiger partial charge in [0.25, 0.3) is 0 Å². The molecule has 42 heteroatoms. The number of phenols is 2. The number of aliphatic carboxylic acids is 1. The van der Waals surface area contributed by atoms with Crippen LogP contribution in [0.2, 0.25) is 0 Å². The minimum Gasteiger partial charge on any atom is -0.508 e. The molecule has 0 aromatic heterocycles. The number of hydrogen-bond acceptors (Lipinski definition) is 25. The summed E-state index contributed by atoms with van der Waals surface area (Å²) in [5, 5.41) is 104. The highest BCUT2D eigenvalue weighted by Gasteiger charge is 2.43. The molecule has 0 bridgehead atoms. The molecule has 0 spiro atoms. The third-order valence-electron chi connectivity index (χ3n) is 20.5. The van der Waals surface area contributed by atoms with E-state index in [-0.39, 0.29) is 79.7 Å². The quantitative estimate of drug-likeness (QED) is 0.0234. The fraction of sp³-hybridized carbons (Fsp3) is 0.568. The molecule has 42 nitrogen and oxygen atoms in total. The summed E-state index contributed by atoms with van der Waals surface area (Å²) in [7, 11) is 0. The van der Waals surface area contributed by atoms with Crippen molar-refractivity contribution in [2.75, 3.05) is 26.2 Å². The first kappa shape index (κ1) is 103. The second-order valence-electron chi connectivity index (χ2n) is 31.1. The topological polar surface area (TPSA) is 696 Å². The number of hydrogen-bond donors (Lipinski definition) is 24. The molecule has 1 aliphatic rings. The fourth-order valence-corrected chi connectivity index (χ4v) is 13.0. The zero-order valence-corrected chi connectivity index (χ0v) is 70.4. The Bertz CT molecular complexity index is 4100. The van der Waals surface area contributed by atoms with Gasteiger partial charge in [0.05, 0.1) is 50.3 Å². The van der Waals surface area contributed by atoms with Crippen LogP contribution in [0, 0.1) is 17.8 Å². The second kappa shape index (κ2) is 51.1. The molecule has 0 saturated carbocycles. The van der Waals surface area contributed by atoms with Crippen molar-refractivity contribution in [2.24, 2.45) is 40.7 Å². The molecule has 3 aromatic carbocycles. The van der Waals surface area contributed by atoms with Crippen LogP contribution in [-0.4, -0.2) is 270 Å². The molecule has 0 aliphatic carbocycles. The molecule has 1 aliphatic heterocycles. The van der Waals surface area contributed by atoms with Crippen LogP contribution in [0.4, 0.5) is 0 Å². The lowest BCUT2D eigenvalue weighted by atomic mass is 9.96. The van der Waals surface area contributed by atoms with Crippen molar-refractivity contribution >= 4 is 100 Å². The molecule has 0 radical (unpaired) electrons. The van der Waals surface area contributed by atoms with Crippen LogP contribution in [0.25, 0.3) is 0 Å². The van der Waals surface area contributed by atoms with Crippen LogP contribution >= 0.6 is 0 Å². The summed E-state index contributed by atoms with van der Waals surface area (Å²) in [6, 6.07) is -4.95. The zero-order valence-electron chi connectivity index (χ0n) is 70.4. The number of likely N-dealkylation sites (tertiary alicyclic amines) is 1. The van der Waals surface area contributed by atoms with Gasteiger partial charge in [-0.1, -0.05) is 109 Å². The third-order valence-corrected chi connectivity index (χ3v) is 20.5. The number of rotatable bonds is 52. The Balaban J connectivity index is 1.62. The number of nitrogens with two attached hydrogens (primary N) is 4. The number of benzene rings is 3. The van der Waals surface area contributed by atoms with E-state index in [4.69, 9.17) is 22.9 Å². The predicted molar refractivity (Wildman–Crippen MR) is 441 cm³/mol. The molecule has 0 unspecified atom stereocenters. The van der Waals surface area contributed by atoms with Gasteiger partial charge in [0.1, 0.15) is 90.0 Å². The Kier molecular flexibility index (Phi) is 42.9. The number of carboxylic acids is 1. The van der Waals surface area contributed by atoms with E-state index in [1.54, 1.807) is 58.0 Å². The summed E-state index contributed by atoms with van der Waals surface area (Å²) in [5.74, 6) is -20.9. The van der Waals surface area contributed by atoms with E-state index in [9.17, 15) is 117 Å². The van der Waals surface area contributed by atoms with Crippen LogP contribution in [0.5, 0.6) is 11.5 Å². The minimum absolute atomic E-state index is 0.0103. The predicted octanol–water partition coefficient (Wildman–Crippen LogP) is -6.38. The lowest BCUT2D eigenvalue weighted by Gasteiger charge is -2.31. The van der Waals surface area contributed by atoms with Gasteiger partial charge in [-0.3, -0.25) is 76.7 Å². The second-order valence-corrected chi connectivity index (χ2v) is 31.1. The molecular formula is C81H122N18O24. The molecule has 123 heavy (non-hydrogen) atoms. The molecule has 19 atom stereocenters. The van der Waals surface area contributed by atoms with Gasteiger partial charge in [0.2, 0.25) is 94.5 Å². The number of aromatic hydroxyl groups is 2. The number of carboxylic acid groups (broad SMARTS) is 1. The van der Waals surface area contributed by atoms with Crippen molar-refractivity contribution < 1.29 is 117 Å². The van der Waals surface area contributed by atoms with Crippen LogP contribution in [-0.2, 0) is 101 Å². The molecule has 1 heterocycles. The summed E-state index contributed by atoms with van der Waals surface area (Å²) >= 11 is 0. The molecule has 16 amide bonds. The fourth-order valence-electron chi connectivity index (χ4n) is 13.0. The number of phenolic OH excluding ortho intramolecular Hbond substituents is 2. The number of unbranched alkanes of at least 4 members (excludes halogenated alkanes) is 1. The molecule has 28 N–H and O–H groups in total. The minimum atomic E-state index is -2.14. The standard InChI is InChI=1S/C81H122N18O24/c1-10-41(5)63(85)80(121)99-31-17-21-59(99)75(116)98-67(45(9)103)79(120)96-64(42(6)11-2)76(117)92-57(37-61(84)107)73(114)97-66(44(8)102)78(119)93-56(36-60(83)106)72(113)90-54(34-47-22-26-49(104)27-23-47)70(111)89-55(35-48-24-28-50(105)29-25-48)71(112)94-58(39-100)74(115)91-53(33-46-18-13-12-14-19-46)69(110)88-52(32-40(3)4)68(109)86-38-62(108)95-65(43(7)101)77(118)87-51(81(122)123)20-15-16-30-82/h12-14,18-19,22-29,40-45,51-59,63-67,100-105H,10-11,15-17,20-21,30-39,82,85H2,1-9H3,(H2,83,106)(H2,84,107)(H,86,109)(H,87,118)(H,88,110)(H,89,111)(H,90,113)(H,91,115)(H,92,117)(H,93,119)(H,94,112)(H,95,108)(H,96,120)(H,97,114)(H,98,116)(H,122,123)/t41-,42-,43+,44+,45+,51-,52-,53-,54-,55-,56-,57-,58-,59-,63-,64-,65-,66-,67-/m0/s1. The summed E-state index contributed by atoms with van der Waals surface area (Å²) in [4.78, 5) is 237. The van der Waals surface area contributed by atoms with Crippen LogP contribution < -0.4 is 92.1 Å². The van der Waals surface area contributed by atoms with Crippen molar-refractivity contribution in [3.05, 3.63) is 95.6 Å². The number of nitrogens with zero attached hydrogens (tertiary/aromatic N) is 1. The maximum Gasteiger partial charge on any atom is 0.326 e. The van der Waals surface area contributed by atoms with E-state index >= 15 is 0 Å².